The van der Waals surface area contributed by atoms with Gasteiger partial charge in [-0.1, -0.05) is 0 Å². The number of nitro benzene ring substituents is 2. The van der Waals surface area contributed by atoms with Crippen molar-refractivity contribution in [3.05, 3.63) is 79.9 Å². The molecule has 2 aromatic rings. The Labute approximate surface area is 153 Å². The van der Waals surface area contributed by atoms with Gasteiger partial charge in [-0.05, 0) is 0 Å². The van der Waals surface area contributed by atoms with Crippen LogP contribution < -0.4 is 0 Å². The van der Waals surface area contributed by atoms with Crippen LogP contribution in [0.2, 0.25) is 0 Å². The van der Waals surface area contributed by atoms with Crippen molar-refractivity contribution in [2.75, 3.05) is 0 Å². The fourth-order valence-electron chi connectivity index (χ4n) is 1.90. The number of hydrogen-bond donors (Lipinski definition) is 0. The van der Waals surface area contributed by atoms with Crippen LogP contribution in [0.25, 0.3) is 0 Å². The summed E-state index contributed by atoms with van der Waals surface area (Å²) in [5.74, 6) is -1.94. The molecule has 25 heavy (non-hydrogen) atoms. The molecule has 0 fully saturated rings. The van der Waals surface area contributed by atoms with Gasteiger partial charge in [0.05, 0.1) is 0 Å². The zero-order valence-corrected chi connectivity index (χ0v) is 18.0. The summed E-state index contributed by atoms with van der Waals surface area (Å²) in [6, 6.07) is 10.4. The number of carbonyl (C=O) groups excluding carboxylic acids is 2. The topological polar surface area (TPSA) is 139 Å². The summed E-state index contributed by atoms with van der Waals surface area (Å²) in [6.07, 6.45) is 0. The minimum atomic E-state index is -3.00. The summed E-state index contributed by atoms with van der Waals surface area (Å²) < 4.78 is 9.75. The van der Waals surface area contributed by atoms with Crippen molar-refractivity contribution in [2.45, 2.75) is 0 Å². The van der Waals surface area contributed by atoms with E-state index in [2.05, 4.69) is 0 Å². The Hall–Kier alpha value is -2.88. The van der Waals surface area contributed by atoms with Crippen molar-refractivity contribution in [3.8, 4) is 0 Å². The zero-order valence-electron chi connectivity index (χ0n) is 12.5. The molecule has 0 N–H and O–H groups in total. The first-order chi connectivity index (χ1) is 11.9. The standard InChI is InChI=1S/2C7H5NO4.Hg/c2*9-7(10)5-3-1-2-4-6(5)8(11)12;/h2*1-4H,(H,9,10);/q;;+2/p-2. The monoisotopic (exact) mass is 534 g/mol. The summed E-state index contributed by atoms with van der Waals surface area (Å²) in [4.78, 5) is 44.0. The number of nitro groups is 2. The van der Waals surface area contributed by atoms with Gasteiger partial charge < -0.3 is 0 Å². The van der Waals surface area contributed by atoms with Gasteiger partial charge in [-0.15, -0.1) is 0 Å². The Morgan fingerprint density at radius 1 is 0.760 bits per heavy atom. The molecule has 0 aliphatic heterocycles. The van der Waals surface area contributed by atoms with E-state index < -0.39 is 58.6 Å². The quantitative estimate of drug-likeness (QED) is 0.314. The maximum atomic E-state index is 11.9. The first-order valence-electron chi connectivity index (χ1n) is 6.73. The summed E-state index contributed by atoms with van der Waals surface area (Å²) in [6.45, 7) is 0. The van der Waals surface area contributed by atoms with E-state index in [9.17, 15) is 29.8 Å². The number of benzene rings is 2. The van der Waals surface area contributed by atoms with Crippen LogP contribution in [0.5, 0.6) is 0 Å². The molecule has 2 rings (SSSR count). The number of carbonyl (C=O) groups is 2. The molecule has 0 saturated heterocycles. The van der Waals surface area contributed by atoms with Crippen molar-refractivity contribution in [3.63, 3.8) is 0 Å². The van der Waals surface area contributed by atoms with Crippen LogP contribution in [0.3, 0.4) is 0 Å². The van der Waals surface area contributed by atoms with E-state index in [0.29, 0.717) is 0 Å². The third kappa shape index (κ3) is 4.56. The molecular formula is C14H8HgN2O8. The van der Waals surface area contributed by atoms with Crippen LogP contribution in [0.15, 0.2) is 48.5 Å². The second-order valence-corrected chi connectivity index (χ2v) is 7.69. The van der Waals surface area contributed by atoms with E-state index in [1.807, 2.05) is 0 Å². The van der Waals surface area contributed by atoms with Crippen LogP contribution >= 0.6 is 0 Å². The van der Waals surface area contributed by atoms with Crippen LogP contribution in [0.4, 0.5) is 11.4 Å². The molecule has 0 heterocycles. The second-order valence-electron chi connectivity index (χ2n) is 4.53. The van der Waals surface area contributed by atoms with E-state index in [1.165, 1.54) is 36.4 Å². The molecule has 0 spiro atoms. The van der Waals surface area contributed by atoms with Gasteiger partial charge in [-0.25, -0.2) is 0 Å². The Morgan fingerprint density at radius 2 is 1.12 bits per heavy atom. The van der Waals surface area contributed by atoms with Crippen molar-refractivity contribution in [1.29, 1.82) is 0 Å². The number of nitrogens with zero attached hydrogens (tertiary/aromatic N) is 2. The molecule has 10 nitrogen and oxygen atoms in total. The molecule has 0 amide bonds. The molecule has 11 heteroatoms. The predicted molar refractivity (Wildman–Crippen MR) is 77.0 cm³/mol. The summed E-state index contributed by atoms with van der Waals surface area (Å²) >= 11 is -3.00. The van der Waals surface area contributed by atoms with Gasteiger partial charge in [-0.3, -0.25) is 0 Å². The molecular weight excluding hydrogens is 525 g/mol. The van der Waals surface area contributed by atoms with Gasteiger partial charge in [0.25, 0.3) is 0 Å². The van der Waals surface area contributed by atoms with Crippen molar-refractivity contribution in [1.82, 2.24) is 0 Å². The molecule has 2 aromatic carbocycles. The molecule has 0 radical (unpaired) electrons. The normalized spacial score (nSPS) is 9.60. The van der Waals surface area contributed by atoms with Crippen molar-refractivity contribution < 1.29 is 50.2 Å². The number of hydrogen-bond acceptors (Lipinski definition) is 8. The Kier molecular flexibility index (Phi) is 6.11. The fraction of sp³-hybridized carbons (Fsp3) is 0. The van der Waals surface area contributed by atoms with E-state index in [1.54, 1.807) is 0 Å². The third-order valence-corrected chi connectivity index (χ3v) is 5.98. The Balaban J connectivity index is 2.02. The summed E-state index contributed by atoms with van der Waals surface area (Å²) in [7, 11) is 0. The molecule has 0 aliphatic carbocycles. The molecule has 0 aliphatic rings. The summed E-state index contributed by atoms with van der Waals surface area (Å²) in [5, 5.41) is 21.7. The van der Waals surface area contributed by atoms with Gasteiger partial charge in [0.15, 0.2) is 0 Å². The third-order valence-electron chi connectivity index (χ3n) is 3.02. The Bertz CT molecular complexity index is 785. The molecule has 0 saturated carbocycles. The van der Waals surface area contributed by atoms with Gasteiger partial charge in [-0.2, -0.15) is 0 Å². The van der Waals surface area contributed by atoms with E-state index in [4.69, 9.17) is 5.29 Å². The first-order valence-corrected chi connectivity index (χ1v) is 11.2. The summed E-state index contributed by atoms with van der Waals surface area (Å²) in [5.41, 5.74) is -1.36. The van der Waals surface area contributed by atoms with Crippen LogP contribution in [0, 0.1) is 20.2 Å². The first kappa shape index (κ1) is 18.5. The Morgan fingerprint density at radius 3 is 1.48 bits per heavy atom. The number of rotatable bonds is 6. The van der Waals surface area contributed by atoms with Crippen LogP contribution in [-0.4, -0.2) is 21.8 Å². The van der Waals surface area contributed by atoms with Crippen molar-refractivity contribution in [2.24, 2.45) is 0 Å². The fourth-order valence-corrected chi connectivity index (χ4v) is 4.17. The van der Waals surface area contributed by atoms with Gasteiger partial charge >= 0.3 is 153 Å². The zero-order chi connectivity index (χ0) is 18.4. The number of para-hydroxylation sites is 2. The predicted octanol–water partition coefficient (Wildman–Crippen LogP) is 2.43. The van der Waals surface area contributed by atoms with Gasteiger partial charge in [0, 0.05) is 0 Å². The van der Waals surface area contributed by atoms with E-state index >= 15 is 0 Å². The van der Waals surface area contributed by atoms with Crippen LogP contribution in [0.1, 0.15) is 20.7 Å². The molecule has 124 valence electrons. The van der Waals surface area contributed by atoms with Gasteiger partial charge in [0.2, 0.25) is 0 Å². The van der Waals surface area contributed by atoms with E-state index in [-0.39, 0.29) is 11.1 Å². The molecule has 0 atom stereocenters. The molecule has 0 unspecified atom stereocenters. The van der Waals surface area contributed by atoms with Gasteiger partial charge in [0.1, 0.15) is 0 Å². The minimum absolute atomic E-state index is 0.255. The second kappa shape index (κ2) is 8.28. The van der Waals surface area contributed by atoms with Crippen LogP contribution in [-0.2, 0) is 30.8 Å². The maximum absolute atomic E-state index is 11.9. The average molecular weight is 533 g/mol. The SMILES string of the molecule is O=C([O][Hg][O]C(=O)c1ccccc1[N+](=O)[O-])c1ccccc1[N+](=O)[O-]. The van der Waals surface area contributed by atoms with E-state index in [0.717, 1.165) is 12.1 Å². The molecule has 0 bridgehead atoms. The molecule has 0 aromatic heterocycles. The average Bonchev–Trinajstić information content (AvgIpc) is 2.61. The van der Waals surface area contributed by atoms with Crippen molar-refractivity contribution >= 4 is 23.3 Å².